The van der Waals surface area contributed by atoms with Crippen LogP contribution in [0.2, 0.25) is 5.02 Å². The lowest BCUT2D eigenvalue weighted by Gasteiger charge is -2.39. The van der Waals surface area contributed by atoms with Crippen LogP contribution in [0.25, 0.3) is 0 Å². The first kappa shape index (κ1) is 31.6. The van der Waals surface area contributed by atoms with Gasteiger partial charge in [0.25, 0.3) is 11.8 Å². The van der Waals surface area contributed by atoms with E-state index in [9.17, 15) is 41.6 Å². The summed E-state index contributed by atoms with van der Waals surface area (Å²) in [5.41, 5.74) is -0.339. The maximum atomic E-state index is 14.5. The molecular formula is C29H22ClF5N6O4. The van der Waals surface area contributed by atoms with Crippen LogP contribution in [0.15, 0.2) is 60.8 Å². The smallest absolute Gasteiger partial charge is 0.406 e. The van der Waals surface area contributed by atoms with Crippen molar-refractivity contribution in [2.24, 2.45) is 0 Å². The number of carbonyl (C=O) groups is 3. The third-order valence-electron chi connectivity index (χ3n) is 7.18. The van der Waals surface area contributed by atoms with Crippen molar-refractivity contribution in [3.63, 3.8) is 0 Å². The van der Waals surface area contributed by atoms with E-state index in [1.807, 2.05) is 6.07 Å². The van der Waals surface area contributed by atoms with Crippen LogP contribution in [-0.2, 0) is 14.4 Å². The van der Waals surface area contributed by atoms with Crippen LogP contribution in [0.1, 0.15) is 43.0 Å². The summed E-state index contributed by atoms with van der Waals surface area (Å²) in [5.74, 6) is -6.49. The van der Waals surface area contributed by atoms with E-state index in [0.29, 0.717) is 0 Å². The van der Waals surface area contributed by atoms with Gasteiger partial charge in [0.15, 0.2) is 0 Å². The van der Waals surface area contributed by atoms with Gasteiger partial charge in [-0.25, -0.2) is 18.7 Å². The largest absolute Gasteiger partial charge is 0.573 e. The molecule has 2 aromatic carbocycles. The number of rotatable bonds is 8. The van der Waals surface area contributed by atoms with Gasteiger partial charge < -0.3 is 10.1 Å². The molecule has 1 aliphatic heterocycles. The summed E-state index contributed by atoms with van der Waals surface area (Å²) in [5, 5.41) is 11.8. The number of alkyl halides is 5. The molecule has 1 aromatic heterocycles. The maximum absolute atomic E-state index is 14.5. The van der Waals surface area contributed by atoms with Crippen molar-refractivity contribution in [3.8, 4) is 11.8 Å². The minimum absolute atomic E-state index is 0.0125. The third-order valence-corrected chi connectivity index (χ3v) is 7.52. The van der Waals surface area contributed by atoms with Crippen LogP contribution in [0.5, 0.6) is 5.75 Å². The second kappa shape index (κ2) is 12.3. The molecule has 1 saturated heterocycles. The monoisotopic (exact) mass is 648 g/mol. The zero-order valence-corrected chi connectivity index (χ0v) is 23.7. The molecule has 1 aliphatic carbocycles. The molecule has 5 rings (SSSR count). The molecule has 2 atom stereocenters. The van der Waals surface area contributed by atoms with Gasteiger partial charge in [-0.05, 0) is 30.7 Å². The molecule has 0 bridgehead atoms. The van der Waals surface area contributed by atoms with E-state index in [2.05, 4.69) is 20.0 Å². The van der Waals surface area contributed by atoms with Crippen molar-refractivity contribution in [2.45, 2.75) is 56.1 Å². The summed E-state index contributed by atoms with van der Waals surface area (Å²) in [6, 6.07) is 9.13. The van der Waals surface area contributed by atoms with E-state index in [4.69, 9.17) is 11.6 Å². The van der Waals surface area contributed by atoms with Gasteiger partial charge in [0.1, 0.15) is 29.6 Å². The number of benzene rings is 2. The summed E-state index contributed by atoms with van der Waals surface area (Å²) >= 11 is 6.46. The Morgan fingerprint density at radius 2 is 1.89 bits per heavy atom. The van der Waals surface area contributed by atoms with Crippen LogP contribution >= 0.6 is 11.6 Å². The second-order valence-corrected chi connectivity index (χ2v) is 10.7. The Labute approximate surface area is 257 Å². The fourth-order valence-corrected chi connectivity index (χ4v) is 5.47. The molecule has 10 nitrogen and oxygen atoms in total. The van der Waals surface area contributed by atoms with Gasteiger partial charge in [0, 0.05) is 53.8 Å². The van der Waals surface area contributed by atoms with Crippen LogP contribution < -0.4 is 19.9 Å². The number of nitriles is 1. The Kier molecular flexibility index (Phi) is 8.61. The second-order valence-electron chi connectivity index (χ2n) is 10.3. The Morgan fingerprint density at radius 3 is 2.56 bits per heavy atom. The molecule has 2 heterocycles. The van der Waals surface area contributed by atoms with Crippen LogP contribution in [-0.4, -0.2) is 52.1 Å². The van der Waals surface area contributed by atoms with E-state index in [1.165, 1.54) is 42.6 Å². The van der Waals surface area contributed by atoms with E-state index in [0.717, 1.165) is 28.0 Å². The molecule has 0 spiro atoms. The predicted molar refractivity (Wildman–Crippen MR) is 148 cm³/mol. The molecule has 3 aromatic rings. The van der Waals surface area contributed by atoms with E-state index in [1.54, 1.807) is 0 Å². The van der Waals surface area contributed by atoms with Crippen molar-refractivity contribution in [1.29, 1.82) is 5.26 Å². The molecule has 1 N–H and O–H groups in total. The standard InChI is InChI=1S/C29H22ClF5N6O4/c30-21-7-2-1-6-20(21)24(25(43)38-17-13-28(31,32)14-17)40(18-4-3-5-19(12-18)45-29(33,34)35)26(44)22-8-9-23(42)41(22)27-37-11-10-16(15-36)39-27/h1-7,10-12,17,22,24H,8-9,13-14H2,(H,38,43)/t22-,24-/m0/s1. The highest BCUT2D eigenvalue weighted by molar-refractivity contribution is 6.31. The average molecular weight is 649 g/mol. The highest BCUT2D eigenvalue weighted by Crippen LogP contribution is 2.40. The van der Waals surface area contributed by atoms with E-state index < -0.39 is 66.7 Å². The topological polar surface area (TPSA) is 129 Å². The summed E-state index contributed by atoms with van der Waals surface area (Å²) < 4.78 is 70.8. The Balaban J connectivity index is 1.64. The number of halogens is 6. The quantitative estimate of drug-likeness (QED) is 0.337. The van der Waals surface area contributed by atoms with Crippen molar-refractivity contribution in [2.75, 3.05) is 9.80 Å². The molecule has 2 fully saturated rings. The summed E-state index contributed by atoms with van der Waals surface area (Å²) in [6.07, 6.45) is -5.48. The lowest BCUT2D eigenvalue weighted by Crippen LogP contribution is -2.56. The zero-order valence-electron chi connectivity index (χ0n) is 23.0. The van der Waals surface area contributed by atoms with Crippen LogP contribution in [0.4, 0.5) is 33.6 Å². The number of carbonyl (C=O) groups excluding carboxylic acids is 3. The molecule has 45 heavy (non-hydrogen) atoms. The number of anilines is 2. The molecule has 3 amide bonds. The number of nitrogens with one attached hydrogen (secondary N) is 1. The Bertz CT molecular complexity index is 1680. The van der Waals surface area contributed by atoms with Crippen molar-refractivity contribution < 1.29 is 41.1 Å². The van der Waals surface area contributed by atoms with Gasteiger partial charge in [0.05, 0.1) is 0 Å². The minimum atomic E-state index is -5.10. The highest BCUT2D eigenvalue weighted by atomic mass is 35.5. The number of amides is 3. The Morgan fingerprint density at radius 1 is 1.16 bits per heavy atom. The SMILES string of the molecule is N#Cc1ccnc(N2C(=O)CC[C@H]2C(=O)N(c2cccc(OC(F)(F)F)c2)[C@H](C(=O)NC2CC(F)(F)C2)c2ccccc2Cl)n1. The molecule has 234 valence electrons. The maximum Gasteiger partial charge on any atom is 0.573 e. The summed E-state index contributed by atoms with van der Waals surface area (Å²) in [6.45, 7) is 0. The van der Waals surface area contributed by atoms with Gasteiger partial charge in [-0.15, -0.1) is 13.2 Å². The number of aromatic nitrogens is 2. The number of hydrogen-bond acceptors (Lipinski definition) is 7. The fourth-order valence-electron chi connectivity index (χ4n) is 5.23. The van der Waals surface area contributed by atoms with Gasteiger partial charge in [-0.2, -0.15) is 5.26 Å². The van der Waals surface area contributed by atoms with Gasteiger partial charge in [-0.3, -0.25) is 24.2 Å². The average Bonchev–Trinajstić information content (AvgIpc) is 3.35. The lowest BCUT2D eigenvalue weighted by atomic mass is 9.87. The number of hydrogen-bond donors (Lipinski definition) is 1. The molecule has 1 saturated carbocycles. The highest BCUT2D eigenvalue weighted by Gasteiger charge is 2.49. The van der Waals surface area contributed by atoms with Crippen molar-refractivity contribution in [3.05, 3.63) is 77.1 Å². The van der Waals surface area contributed by atoms with Gasteiger partial charge in [0.2, 0.25) is 17.8 Å². The molecule has 2 aliphatic rings. The number of nitrogens with zero attached hydrogens (tertiary/aromatic N) is 5. The molecule has 0 radical (unpaired) electrons. The predicted octanol–water partition coefficient (Wildman–Crippen LogP) is 5.08. The van der Waals surface area contributed by atoms with Crippen molar-refractivity contribution in [1.82, 2.24) is 15.3 Å². The zero-order chi connectivity index (χ0) is 32.5. The third kappa shape index (κ3) is 6.96. The van der Waals surface area contributed by atoms with Gasteiger partial charge >= 0.3 is 6.36 Å². The lowest BCUT2D eigenvalue weighted by molar-refractivity contribution is -0.274. The summed E-state index contributed by atoms with van der Waals surface area (Å²) in [7, 11) is 0. The Hall–Kier alpha value is -4.84. The van der Waals surface area contributed by atoms with Gasteiger partial charge in [-0.1, -0.05) is 35.9 Å². The first-order valence-electron chi connectivity index (χ1n) is 13.4. The molecular weight excluding hydrogens is 627 g/mol. The normalized spacial score (nSPS) is 18.5. The van der Waals surface area contributed by atoms with Crippen LogP contribution in [0.3, 0.4) is 0 Å². The first-order valence-corrected chi connectivity index (χ1v) is 13.8. The fraction of sp³-hybridized carbons (Fsp3) is 0.310. The number of ether oxygens (including phenoxy) is 1. The van der Waals surface area contributed by atoms with E-state index in [-0.39, 0.29) is 40.8 Å². The molecule has 0 unspecified atom stereocenters. The molecule has 16 heteroatoms. The van der Waals surface area contributed by atoms with Crippen LogP contribution in [0, 0.1) is 11.3 Å². The minimum Gasteiger partial charge on any atom is -0.406 e. The summed E-state index contributed by atoms with van der Waals surface area (Å²) in [4.78, 5) is 51.3. The first-order chi connectivity index (χ1) is 21.3. The van der Waals surface area contributed by atoms with E-state index >= 15 is 0 Å². The van der Waals surface area contributed by atoms with Crippen molar-refractivity contribution >= 4 is 41.0 Å².